The van der Waals surface area contributed by atoms with Crippen LogP contribution < -0.4 is 0 Å². The van der Waals surface area contributed by atoms with E-state index >= 15 is 0 Å². The van der Waals surface area contributed by atoms with Crippen LogP contribution >= 0.6 is 27.7 Å². The van der Waals surface area contributed by atoms with Gasteiger partial charge in [-0.2, -0.15) is 0 Å². The van der Waals surface area contributed by atoms with E-state index in [-0.39, 0.29) is 0 Å². The van der Waals surface area contributed by atoms with Gasteiger partial charge in [0, 0.05) is 9.37 Å². The minimum Gasteiger partial charge on any atom is -0.126 e. The zero-order chi connectivity index (χ0) is 8.27. The molecular weight excluding hydrogens is 220 g/mol. The first-order valence-corrected chi connectivity index (χ1v) is 5.41. The zero-order valence-electron chi connectivity index (χ0n) is 6.73. The molecule has 2 heteroatoms. The van der Waals surface area contributed by atoms with Crippen LogP contribution in [0.3, 0.4) is 0 Å². The summed E-state index contributed by atoms with van der Waals surface area (Å²) in [6, 6.07) is 6.32. The van der Waals surface area contributed by atoms with Gasteiger partial charge in [-0.05, 0) is 30.4 Å². The Labute approximate surface area is 80.5 Å². The van der Waals surface area contributed by atoms with E-state index in [2.05, 4.69) is 48.0 Å². The Kier molecular flexibility index (Phi) is 3.46. The van der Waals surface area contributed by atoms with Crippen molar-refractivity contribution in [1.82, 2.24) is 0 Å². The van der Waals surface area contributed by atoms with Crippen molar-refractivity contribution in [3.8, 4) is 0 Å². The lowest BCUT2D eigenvalue weighted by atomic mass is 10.2. The SMILES string of the molecule is CCSc1cccc(Br)c1C. The molecule has 1 rings (SSSR count). The molecule has 0 fully saturated rings. The third-order valence-electron chi connectivity index (χ3n) is 1.52. The molecule has 0 saturated heterocycles. The molecule has 0 spiro atoms. The van der Waals surface area contributed by atoms with Crippen molar-refractivity contribution in [1.29, 1.82) is 0 Å². The molecule has 0 aliphatic rings. The minimum absolute atomic E-state index is 1.14. The predicted octanol–water partition coefficient (Wildman–Crippen LogP) is 3.87. The van der Waals surface area contributed by atoms with Crippen molar-refractivity contribution >= 4 is 27.7 Å². The van der Waals surface area contributed by atoms with Crippen LogP contribution in [-0.4, -0.2) is 5.75 Å². The summed E-state index contributed by atoms with van der Waals surface area (Å²) in [4.78, 5) is 1.38. The van der Waals surface area contributed by atoms with Crippen molar-refractivity contribution in [3.63, 3.8) is 0 Å². The second-order valence-corrected chi connectivity index (χ2v) is 4.46. The molecule has 0 aromatic heterocycles. The summed E-state index contributed by atoms with van der Waals surface area (Å²) in [7, 11) is 0. The van der Waals surface area contributed by atoms with E-state index in [4.69, 9.17) is 0 Å². The molecule has 0 amide bonds. The monoisotopic (exact) mass is 230 g/mol. The van der Waals surface area contributed by atoms with E-state index in [9.17, 15) is 0 Å². The fourth-order valence-corrected chi connectivity index (χ4v) is 2.21. The highest BCUT2D eigenvalue weighted by Crippen LogP contribution is 2.27. The number of rotatable bonds is 2. The first-order valence-electron chi connectivity index (χ1n) is 3.63. The van der Waals surface area contributed by atoms with Gasteiger partial charge in [-0.3, -0.25) is 0 Å². The number of hydrogen-bond donors (Lipinski definition) is 0. The Bertz CT molecular complexity index is 245. The molecule has 0 heterocycles. The van der Waals surface area contributed by atoms with Gasteiger partial charge in [-0.1, -0.05) is 28.9 Å². The van der Waals surface area contributed by atoms with Crippen molar-refractivity contribution in [2.75, 3.05) is 5.75 Å². The van der Waals surface area contributed by atoms with Gasteiger partial charge >= 0.3 is 0 Å². The molecule has 0 nitrogen and oxygen atoms in total. The maximum absolute atomic E-state index is 3.50. The van der Waals surface area contributed by atoms with Crippen molar-refractivity contribution in [2.24, 2.45) is 0 Å². The van der Waals surface area contributed by atoms with Crippen molar-refractivity contribution in [2.45, 2.75) is 18.7 Å². The highest BCUT2D eigenvalue weighted by Gasteiger charge is 1.99. The normalized spacial score (nSPS) is 10.1. The van der Waals surface area contributed by atoms with E-state index in [1.807, 2.05) is 11.8 Å². The van der Waals surface area contributed by atoms with Gasteiger partial charge in [0.15, 0.2) is 0 Å². The van der Waals surface area contributed by atoms with Gasteiger partial charge in [0.1, 0.15) is 0 Å². The standard InChI is InChI=1S/C9H11BrS/c1-3-11-9-6-4-5-8(10)7(9)2/h4-6H,3H2,1-2H3. The average Bonchev–Trinajstić information content (AvgIpc) is 1.99. The van der Waals surface area contributed by atoms with E-state index in [0.29, 0.717) is 0 Å². The van der Waals surface area contributed by atoms with Gasteiger partial charge in [-0.15, -0.1) is 11.8 Å². The molecule has 0 bridgehead atoms. The van der Waals surface area contributed by atoms with Crippen LogP contribution in [-0.2, 0) is 0 Å². The topological polar surface area (TPSA) is 0 Å². The van der Waals surface area contributed by atoms with Crippen LogP contribution in [0.15, 0.2) is 27.6 Å². The number of thioether (sulfide) groups is 1. The number of hydrogen-bond acceptors (Lipinski definition) is 1. The van der Waals surface area contributed by atoms with E-state index in [0.717, 1.165) is 5.75 Å². The highest BCUT2D eigenvalue weighted by molar-refractivity contribution is 9.10. The summed E-state index contributed by atoms with van der Waals surface area (Å²) in [5.41, 5.74) is 1.35. The second-order valence-electron chi connectivity index (χ2n) is 2.30. The van der Waals surface area contributed by atoms with Crippen LogP contribution in [0.25, 0.3) is 0 Å². The molecule has 11 heavy (non-hydrogen) atoms. The Hall–Kier alpha value is 0.0500. The van der Waals surface area contributed by atoms with Gasteiger partial charge in [0.2, 0.25) is 0 Å². The van der Waals surface area contributed by atoms with Crippen molar-refractivity contribution < 1.29 is 0 Å². The predicted molar refractivity (Wildman–Crippen MR) is 55.3 cm³/mol. The molecule has 0 saturated carbocycles. The first-order chi connectivity index (χ1) is 5.25. The molecule has 0 unspecified atom stereocenters. The van der Waals surface area contributed by atoms with Crippen LogP contribution in [0.4, 0.5) is 0 Å². The number of benzene rings is 1. The fourth-order valence-electron chi connectivity index (χ4n) is 0.900. The van der Waals surface area contributed by atoms with Crippen LogP contribution in [0, 0.1) is 6.92 Å². The molecule has 1 aromatic carbocycles. The van der Waals surface area contributed by atoms with Gasteiger partial charge in [0.25, 0.3) is 0 Å². The lowest BCUT2D eigenvalue weighted by Crippen LogP contribution is -1.80. The Morgan fingerprint density at radius 3 is 2.82 bits per heavy atom. The third-order valence-corrected chi connectivity index (χ3v) is 3.42. The van der Waals surface area contributed by atoms with Gasteiger partial charge in [0.05, 0.1) is 0 Å². The molecule has 0 aliphatic carbocycles. The van der Waals surface area contributed by atoms with Crippen LogP contribution in [0.2, 0.25) is 0 Å². The van der Waals surface area contributed by atoms with E-state index in [1.54, 1.807) is 0 Å². The molecule has 0 atom stereocenters. The third kappa shape index (κ3) is 2.24. The summed E-state index contributed by atoms with van der Waals surface area (Å²) in [6.45, 7) is 4.31. The first kappa shape index (κ1) is 9.14. The van der Waals surface area contributed by atoms with E-state index in [1.165, 1.54) is 14.9 Å². The lowest BCUT2D eigenvalue weighted by Gasteiger charge is -2.04. The summed E-state index contributed by atoms with van der Waals surface area (Å²) < 4.78 is 1.20. The molecule has 0 radical (unpaired) electrons. The van der Waals surface area contributed by atoms with Crippen LogP contribution in [0.1, 0.15) is 12.5 Å². The largest absolute Gasteiger partial charge is 0.126 e. The fraction of sp³-hybridized carbons (Fsp3) is 0.333. The molecule has 60 valence electrons. The summed E-state index contributed by atoms with van der Waals surface area (Å²) in [5.74, 6) is 1.14. The molecule has 0 N–H and O–H groups in total. The summed E-state index contributed by atoms with van der Waals surface area (Å²) in [6.07, 6.45) is 0. The average molecular weight is 231 g/mol. The molecule has 1 aromatic rings. The highest BCUT2D eigenvalue weighted by atomic mass is 79.9. The maximum atomic E-state index is 3.50. The van der Waals surface area contributed by atoms with E-state index < -0.39 is 0 Å². The van der Waals surface area contributed by atoms with Crippen LogP contribution in [0.5, 0.6) is 0 Å². The van der Waals surface area contributed by atoms with Crippen molar-refractivity contribution in [3.05, 3.63) is 28.2 Å². The van der Waals surface area contributed by atoms with Gasteiger partial charge in [-0.25, -0.2) is 0 Å². The summed E-state index contributed by atoms with van der Waals surface area (Å²) in [5, 5.41) is 0. The van der Waals surface area contributed by atoms with Gasteiger partial charge < -0.3 is 0 Å². The maximum Gasteiger partial charge on any atom is 0.0215 e. The Morgan fingerprint density at radius 1 is 1.45 bits per heavy atom. The zero-order valence-corrected chi connectivity index (χ0v) is 9.13. The Balaban J connectivity index is 2.96. The quantitative estimate of drug-likeness (QED) is 0.696. The number of halogens is 1. The second kappa shape index (κ2) is 4.17. The lowest BCUT2D eigenvalue weighted by molar-refractivity contribution is 1.27. The summed E-state index contributed by atoms with van der Waals surface area (Å²) >= 11 is 5.39. The molecule has 0 aliphatic heterocycles. The minimum atomic E-state index is 1.14. The molecular formula is C9H11BrS. The smallest absolute Gasteiger partial charge is 0.0215 e. The Morgan fingerprint density at radius 2 is 2.18 bits per heavy atom.